The molecule has 3 heterocycles. The van der Waals surface area contributed by atoms with Gasteiger partial charge in [0, 0.05) is 36.3 Å². The maximum absolute atomic E-state index is 12.3. The maximum atomic E-state index is 12.3. The molecular formula is C17H19N5O2. The highest BCUT2D eigenvalue weighted by Crippen LogP contribution is 2.26. The third kappa shape index (κ3) is 3.03. The fourth-order valence-corrected chi connectivity index (χ4v) is 3.11. The molecule has 3 aromatic rings. The van der Waals surface area contributed by atoms with Gasteiger partial charge in [0.15, 0.2) is 5.82 Å². The molecule has 7 heteroatoms. The van der Waals surface area contributed by atoms with Crippen molar-refractivity contribution in [3.8, 4) is 0 Å². The van der Waals surface area contributed by atoms with Crippen molar-refractivity contribution in [3.63, 3.8) is 0 Å². The van der Waals surface area contributed by atoms with E-state index in [0.717, 1.165) is 48.3 Å². The standard InChI is InChI=1S/C17H19N5O2/c23-17(10-15-12-3-1-2-4-13(12)19-21-15)18-16-9-14(20-22-16)11-5-7-24-8-6-11/h1-4,9,11H,5-8,10H2,(H,19,21)(H2,18,20,22,23). The third-order valence-electron chi connectivity index (χ3n) is 4.40. The van der Waals surface area contributed by atoms with Gasteiger partial charge < -0.3 is 10.1 Å². The lowest BCUT2D eigenvalue weighted by Gasteiger charge is -2.20. The summed E-state index contributed by atoms with van der Waals surface area (Å²) in [6.45, 7) is 1.55. The molecule has 0 unspecified atom stereocenters. The van der Waals surface area contributed by atoms with Crippen molar-refractivity contribution < 1.29 is 9.53 Å². The van der Waals surface area contributed by atoms with Gasteiger partial charge in [0.25, 0.3) is 0 Å². The molecule has 0 aliphatic carbocycles. The molecule has 2 aromatic heterocycles. The number of carbonyl (C=O) groups is 1. The molecule has 1 aliphatic heterocycles. The lowest BCUT2D eigenvalue weighted by atomic mass is 9.97. The molecule has 0 saturated carbocycles. The molecular weight excluding hydrogens is 306 g/mol. The van der Waals surface area contributed by atoms with Gasteiger partial charge in [0.05, 0.1) is 17.6 Å². The van der Waals surface area contributed by atoms with Gasteiger partial charge in [0.1, 0.15) is 0 Å². The van der Waals surface area contributed by atoms with Crippen LogP contribution in [0.5, 0.6) is 0 Å². The van der Waals surface area contributed by atoms with E-state index in [-0.39, 0.29) is 12.3 Å². The molecule has 4 rings (SSSR count). The van der Waals surface area contributed by atoms with E-state index in [2.05, 4.69) is 25.7 Å². The minimum atomic E-state index is -0.116. The number of nitrogens with one attached hydrogen (secondary N) is 3. The number of benzene rings is 1. The number of ether oxygens (including phenoxy) is 1. The molecule has 24 heavy (non-hydrogen) atoms. The van der Waals surface area contributed by atoms with E-state index in [1.165, 1.54) is 0 Å². The molecule has 1 aliphatic rings. The van der Waals surface area contributed by atoms with Crippen molar-refractivity contribution in [2.45, 2.75) is 25.2 Å². The summed E-state index contributed by atoms with van der Waals surface area (Å²) < 4.78 is 5.37. The Kier molecular flexibility index (Phi) is 4.00. The Morgan fingerprint density at radius 2 is 2.04 bits per heavy atom. The molecule has 3 N–H and O–H groups in total. The van der Waals surface area contributed by atoms with Crippen molar-refractivity contribution in [2.75, 3.05) is 18.5 Å². The molecule has 1 fully saturated rings. The number of rotatable bonds is 4. The Balaban J connectivity index is 1.42. The monoisotopic (exact) mass is 325 g/mol. The Hall–Kier alpha value is -2.67. The second-order valence-electron chi connectivity index (χ2n) is 6.04. The van der Waals surface area contributed by atoms with Crippen molar-refractivity contribution >= 4 is 22.6 Å². The van der Waals surface area contributed by atoms with E-state index >= 15 is 0 Å². The summed E-state index contributed by atoms with van der Waals surface area (Å²) in [4.78, 5) is 12.3. The topological polar surface area (TPSA) is 95.7 Å². The molecule has 0 spiro atoms. The van der Waals surface area contributed by atoms with E-state index in [9.17, 15) is 4.79 Å². The zero-order chi connectivity index (χ0) is 16.4. The molecule has 7 nitrogen and oxygen atoms in total. The van der Waals surface area contributed by atoms with Gasteiger partial charge in [-0.3, -0.25) is 15.0 Å². The summed E-state index contributed by atoms with van der Waals surface area (Å²) >= 11 is 0. The van der Waals surface area contributed by atoms with Gasteiger partial charge in [-0.15, -0.1) is 0 Å². The smallest absolute Gasteiger partial charge is 0.231 e. The first-order valence-electron chi connectivity index (χ1n) is 8.14. The van der Waals surface area contributed by atoms with Crippen LogP contribution in [0.4, 0.5) is 5.82 Å². The number of aromatic amines is 2. The number of anilines is 1. The van der Waals surface area contributed by atoms with E-state index in [1.807, 2.05) is 30.3 Å². The highest BCUT2D eigenvalue weighted by Gasteiger charge is 2.19. The normalized spacial score (nSPS) is 15.7. The molecule has 0 bridgehead atoms. The molecule has 1 aromatic carbocycles. The zero-order valence-corrected chi connectivity index (χ0v) is 13.2. The second-order valence-corrected chi connectivity index (χ2v) is 6.04. The molecule has 1 amide bonds. The highest BCUT2D eigenvalue weighted by atomic mass is 16.5. The summed E-state index contributed by atoms with van der Waals surface area (Å²) in [5, 5.41) is 18.2. The van der Waals surface area contributed by atoms with E-state index in [4.69, 9.17) is 4.74 Å². The SMILES string of the molecule is O=C(Cc1[nH]nc2ccccc12)Nc1cc(C2CCOCC2)[nH]n1. The van der Waals surface area contributed by atoms with Crippen LogP contribution < -0.4 is 5.32 Å². The summed E-state index contributed by atoms with van der Waals surface area (Å²) in [6, 6.07) is 9.65. The maximum Gasteiger partial charge on any atom is 0.231 e. The first-order valence-corrected chi connectivity index (χ1v) is 8.14. The van der Waals surface area contributed by atoms with Crippen LogP contribution in [0.2, 0.25) is 0 Å². The largest absolute Gasteiger partial charge is 0.381 e. The minimum Gasteiger partial charge on any atom is -0.381 e. The highest BCUT2D eigenvalue weighted by molar-refractivity contribution is 5.94. The second kappa shape index (κ2) is 6.45. The third-order valence-corrected chi connectivity index (χ3v) is 4.40. The summed E-state index contributed by atoms with van der Waals surface area (Å²) in [7, 11) is 0. The molecule has 0 atom stereocenters. The Morgan fingerprint density at radius 3 is 2.92 bits per heavy atom. The number of carbonyl (C=O) groups excluding carboxylic acids is 1. The van der Waals surface area contributed by atoms with Crippen LogP contribution in [0.25, 0.3) is 10.9 Å². The lowest BCUT2D eigenvalue weighted by Crippen LogP contribution is -2.15. The van der Waals surface area contributed by atoms with Gasteiger partial charge in [-0.05, 0) is 18.9 Å². The van der Waals surface area contributed by atoms with Gasteiger partial charge in [-0.25, -0.2) is 0 Å². The van der Waals surface area contributed by atoms with E-state index in [0.29, 0.717) is 11.7 Å². The summed E-state index contributed by atoms with van der Waals surface area (Å²) in [5.74, 6) is 0.869. The number of para-hydroxylation sites is 1. The Morgan fingerprint density at radius 1 is 1.21 bits per heavy atom. The Labute approximate surface area is 138 Å². The van der Waals surface area contributed by atoms with Crippen molar-refractivity contribution in [3.05, 3.63) is 41.7 Å². The fourth-order valence-electron chi connectivity index (χ4n) is 3.11. The number of aromatic nitrogens is 4. The van der Waals surface area contributed by atoms with Crippen LogP contribution in [0.1, 0.15) is 30.1 Å². The van der Waals surface area contributed by atoms with Crippen molar-refractivity contribution in [1.29, 1.82) is 0 Å². The van der Waals surface area contributed by atoms with Gasteiger partial charge >= 0.3 is 0 Å². The van der Waals surface area contributed by atoms with Crippen LogP contribution in [0, 0.1) is 0 Å². The van der Waals surface area contributed by atoms with Crippen LogP contribution in [-0.2, 0) is 16.0 Å². The van der Waals surface area contributed by atoms with E-state index in [1.54, 1.807) is 0 Å². The number of amides is 1. The van der Waals surface area contributed by atoms with Crippen LogP contribution >= 0.6 is 0 Å². The number of hydrogen-bond donors (Lipinski definition) is 3. The lowest BCUT2D eigenvalue weighted by molar-refractivity contribution is -0.115. The fraction of sp³-hybridized carbons (Fsp3) is 0.353. The molecule has 0 radical (unpaired) electrons. The average molecular weight is 325 g/mol. The van der Waals surface area contributed by atoms with Crippen LogP contribution in [0.3, 0.4) is 0 Å². The zero-order valence-electron chi connectivity index (χ0n) is 13.2. The van der Waals surface area contributed by atoms with Crippen molar-refractivity contribution in [2.24, 2.45) is 0 Å². The first kappa shape index (κ1) is 14.9. The van der Waals surface area contributed by atoms with Crippen molar-refractivity contribution in [1.82, 2.24) is 20.4 Å². The predicted molar refractivity (Wildman–Crippen MR) is 89.8 cm³/mol. The molecule has 1 saturated heterocycles. The minimum absolute atomic E-state index is 0.116. The average Bonchev–Trinajstić information content (AvgIpc) is 3.23. The number of fused-ring (bicyclic) bond motifs is 1. The van der Waals surface area contributed by atoms with Crippen LogP contribution in [-0.4, -0.2) is 39.5 Å². The number of nitrogens with zero attached hydrogens (tertiary/aromatic N) is 2. The van der Waals surface area contributed by atoms with Gasteiger partial charge in [-0.2, -0.15) is 10.2 Å². The van der Waals surface area contributed by atoms with Gasteiger partial charge in [-0.1, -0.05) is 18.2 Å². The number of hydrogen-bond acceptors (Lipinski definition) is 4. The van der Waals surface area contributed by atoms with Crippen LogP contribution in [0.15, 0.2) is 30.3 Å². The number of H-pyrrole nitrogens is 2. The van der Waals surface area contributed by atoms with E-state index < -0.39 is 0 Å². The summed E-state index contributed by atoms with van der Waals surface area (Å²) in [6.07, 6.45) is 2.20. The molecule has 124 valence electrons. The first-order chi connectivity index (χ1) is 11.8. The Bertz CT molecular complexity index is 847. The predicted octanol–water partition coefficient (Wildman–Crippen LogP) is 2.36. The summed E-state index contributed by atoms with van der Waals surface area (Å²) in [5.41, 5.74) is 2.73. The van der Waals surface area contributed by atoms with Gasteiger partial charge in [0.2, 0.25) is 5.91 Å². The quantitative estimate of drug-likeness (QED) is 0.686.